The van der Waals surface area contributed by atoms with E-state index in [1.165, 1.54) is 24.8 Å². The SMILES string of the molecule is CC12CCC(=O)C=C1CCC1C2CCC2(C)C(OC(=O)CCCBr)CCC12. The zero-order valence-electron chi connectivity index (χ0n) is 16.8. The third-order valence-corrected chi connectivity index (χ3v) is 9.22. The van der Waals surface area contributed by atoms with E-state index in [1.54, 1.807) is 0 Å². The van der Waals surface area contributed by atoms with Crippen molar-refractivity contribution in [2.24, 2.45) is 28.6 Å². The molecule has 6 unspecified atom stereocenters. The summed E-state index contributed by atoms with van der Waals surface area (Å²) in [5, 5.41) is 0.855. The first-order valence-electron chi connectivity index (χ1n) is 10.9. The fourth-order valence-electron chi connectivity index (χ4n) is 7.13. The second kappa shape index (κ2) is 7.31. The van der Waals surface area contributed by atoms with Crippen molar-refractivity contribution >= 4 is 27.7 Å². The summed E-state index contributed by atoms with van der Waals surface area (Å²) in [6, 6.07) is 0. The molecule has 4 aliphatic rings. The van der Waals surface area contributed by atoms with Gasteiger partial charge in [0.1, 0.15) is 6.10 Å². The average Bonchev–Trinajstić information content (AvgIpc) is 2.97. The number of hydrogen-bond donors (Lipinski definition) is 0. The van der Waals surface area contributed by atoms with Gasteiger partial charge in [0.15, 0.2) is 5.78 Å². The Morgan fingerprint density at radius 1 is 1.15 bits per heavy atom. The highest BCUT2D eigenvalue weighted by Crippen LogP contribution is 2.65. The van der Waals surface area contributed by atoms with Gasteiger partial charge in [-0.05, 0) is 80.6 Å². The number of rotatable bonds is 4. The summed E-state index contributed by atoms with van der Waals surface area (Å²) < 4.78 is 6.00. The third kappa shape index (κ3) is 3.24. The Morgan fingerprint density at radius 2 is 1.96 bits per heavy atom. The molecule has 0 aromatic rings. The summed E-state index contributed by atoms with van der Waals surface area (Å²) in [6.07, 6.45) is 12.1. The lowest BCUT2D eigenvalue weighted by Gasteiger charge is -2.57. The molecule has 4 aliphatic carbocycles. The van der Waals surface area contributed by atoms with Crippen LogP contribution in [0.25, 0.3) is 0 Å². The minimum Gasteiger partial charge on any atom is -0.462 e. The zero-order chi connectivity index (χ0) is 19.2. The molecule has 0 radical (unpaired) electrons. The standard InChI is InChI=1S/C23H33BrO3/c1-22-11-9-16(25)14-15(22)5-6-17-18-7-8-20(27-21(26)4-3-13-24)23(18,2)12-10-19(17)22/h14,17-20H,3-13H2,1-2H3. The third-order valence-electron chi connectivity index (χ3n) is 8.66. The highest BCUT2D eigenvalue weighted by atomic mass is 79.9. The maximum absolute atomic E-state index is 12.2. The van der Waals surface area contributed by atoms with Crippen LogP contribution in [0.4, 0.5) is 0 Å². The van der Waals surface area contributed by atoms with Crippen LogP contribution < -0.4 is 0 Å². The van der Waals surface area contributed by atoms with E-state index in [0.29, 0.717) is 24.0 Å². The first kappa shape index (κ1) is 19.7. The van der Waals surface area contributed by atoms with Gasteiger partial charge < -0.3 is 4.74 Å². The maximum Gasteiger partial charge on any atom is 0.306 e. The molecule has 3 nitrogen and oxygen atoms in total. The molecule has 0 N–H and O–H groups in total. The van der Waals surface area contributed by atoms with Gasteiger partial charge in [-0.2, -0.15) is 0 Å². The molecule has 6 atom stereocenters. The molecule has 4 heteroatoms. The van der Waals surface area contributed by atoms with Crippen LogP contribution in [-0.4, -0.2) is 23.2 Å². The lowest BCUT2D eigenvalue weighted by molar-refractivity contribution is -0.159. The predicted molar refractivity (Wildman–Crippen MR) is 110 cm³/mol. The molecule has 4 rings (SSSR count). The van der Waals surface area contributed by atoms with Crippen LogP contribution in [0.3, 0.4) is 0 Å². The Balaban J connectivity index is 1.51. The second-order valence-electron chi connectivity index (χ2n) is 9.86. The van der Waals surface area contributed by atoms with Crippen LogP contribution >= 0.6 is 15.9 Å². The van der Waals surface area contributed by atoms with Crippen molar-refractivity contribution in [3.8, 4) is 0 Å². The molecule has 150 valence electrons. The highest BCUT2D eigenvalue weighted by Gasteiger charge is 2.59. The van der Waals surface area contributed by atoms with E-state index in [1.807, 2.05) is 6.08 Å². The van der Waals surface area contributed by atoms with Crippen LogP contribution in [0, 0.1) is 28.6 Å². The molecule has 0 spiro atoms. The molecule has 3 saturated carbocycles. The zero-order valence-corrected chi connectivity index (χ0v) is 18.4. The summed E-state index contributed by atoms with van der Waals surface area (Å²) in [4.78, 5) is 24.2. The Bertz CT molecular complexity index is 656. The topological polar surface area (TPSA) is 43.4 Å². The number of hydrogen-bond acceptors (Lipinski definition) is 3. The number of esters is 1. The molecule has 3 fully saturated rings. The van der Waals surface area contributed by atoms with Gasteiger partial charge in [-0.1, -0.05) is 35.4 Å². The minimum absolute atomic E-state index is 0.0185. The van der Waals surface area contributed by atoms with E-state index in [4.69, 9.17) is 4.74 Å². The smallest absolute Gasteiger partial charge is 0.306 e. The van der Waals surface area contributed by atoms with E-state index >= 15 is 0 Å². The van der Waals surface area contributed by atoms with Crippen molar-refractivity contribution in [2.75, 3.05) is 5.33 Å². The van der Waals surface area contributed by atoms with Crippen LogP contribution in [0.1, 0.15) is 78.1 Å². The van der Waals surface area contributed by atoms with Crippen LogP contribution in [0.5, 0.6) is 0 Å². The first-order valence-corrected chi connectivity index (χ1v) is 12.0. The van der Waals surface area contributed by atoms with E-state index in [0.717, 1.165) is 49.8 Å². The lowest BCUT2D eigenvalue weighted by Crippen LogP contribution is -2.51. The molecule has 0 bridgehead atoms. The number of allylic oxidation sites excluding steroid dienone is 1. The quantitative estimate of drug-likeness (QED) is 0.425. The first-order chi connectivity index (χ1) is 12.9. The number of halogens is 1. The Morgan fingerprint density at radius 3 is 2.74 bits per heavy atom. The molecule has 0 heterocycles. The number of ketones is 1. The fourth-order valence-corrected chi connectivity index (χ4v) is 7.41. The van der Waals surface area contributed by atoms with Gasteiger partial charge >= 0.3 is 5.97 Å². The second-order valence-corrected chi connectivity index (χ2v) is 10.7. The summed E-state index contributed by atoms with van der Waals surface area (Å²) in [5.41, 5.74) is 1.80. The average molecular weight is 437 g/mol. The van der Waals surface area contributed by atoms with E-state index < -0.39 is 0 Å². The summed E-state index contributed by atoms with van der Waals surface area (Å²) in [6.45, 7) is 4.82. The Kier molecular flexibility index (Phi) is 5.33. The van der Waals surface area contributed by atoms with Gasteiger partial charge in [-0.3, -0.25) is 9.59 Å². The predicted octanol–water partition coefficient (Wildman–Crippen LogP) is 5.61. The van der Waals surface area contributed by atoms with Crippen molar-refractivity contribution in [2.45, 2.75) is 84.2 Å². The Labute approximate surface area is 171 Å². The van der Waals surface area contributed by atoms with Crippen molar-refractivity contribution < 1.29 is 14.3 Å². The largest absolute Gasteiger partial charge is 0.462 e. The van der Waals surface area contributed by atoms with E-state index in [9.17, 15) is 9.59 Å². The van der Waals surface area contributed by atoms with Crippen LogP contribution in [-0.2, 0) is 14.3 Å². The number of fused-ring (bicyclic) bond motifs is 5. The number of carbonyl (C=O) groups is 2. The normalized spacial score (nSPS) is 43.4. The Hall–Kier alpha value is -0.640. The number of alkyl halides is 1. The molecular formula is C23H33BrO3. The van der Waals surface area contributed by atoms with Crippen molar-refractivity contribution in [3.63, 3.8) is 0 Å². The monoisotopic (exact) mass is 436 g/mol. The summed E-state index contributed by atoms with van der Waals surface area (Å²) >= 11 is 3.40. The summed E-state index contributed by atoms with van der Waals surface area (Å²) in [5.74, 6) is 2.41. The van der Waals surface area contributed by atoms with Gasteiger partial charge in [0.05, 0.1) is 0 Å². The van der Waals surface area contributed by atoms with Gasteiger partial charge in [0, 0.05) is 23.6 Å². The van der Waals surface area contributed by atoms with E-state index in [2.05, 4.69) is 29.8 Å². The van der Waals surface area contributed by atoms with Crippen LogP contribution in [0.15, 0.2) is 11.6 Å². The van der Waals surface area contributed by atoms with Crippen LogP contribution in [0.2, 0.25) is 0 Å². The molecular weight excluding hydrogens is 404 g/mol. The van der Waals surface area contributed by atoms with Crippen molar-refractivity contribution in [1.29, 1.82) is 0 Å². The number of ether oxygens (including phenoxy) is 1. The molecule has 0 saturated heterocycles. The van der Waals surface area contributed by atoms with Gasteiger partial charge in [0.25, 0.3) is 0 Å². The van der Waals surface area contributed by atoms with Gasteiger partial charge in [-0.25, -0.2) is 0 Å². The lowest BCUT2D eigenvalue weighted by atomic mass is 9.47. The minimum atomic E-state index is -0.0185. The highest BCUT2D eigenvalue weighted by molar-refractivity contribution is 9.09. The summed E-state index contributed by atoms with van der Waals surface area (Å²) in [7, 11) is 0. The van der Waals surface area contributed by atoms with Gasteiger partial charge in [-0.15, -0.1) is 0 Å². The van der Waals surface area contributed by atoms with Gasteiger partial charge in [0.2, 0.25) is 0 Å². The molecule has 0 aromatic carbocycles. The molecule has 0 amide bonds. The molecule has 27 heavy (non-hydrogen) atoms. The van der Waals surface area contributed by atoms with Crippen molar-refractivity contribution in [1.82, 2.24) is 0 Å². The van der Waals surface area contributed by atoms with Crippen molar-refractivity contribution in [3.05, 3.63) is 11.6 Å². The molecule has 0 aliphatic heterocycles. The molecule has 0 aromatic heterocycles. The maximum atomic E-state index is 12.2. The number of carbonyl (C=O) groups excluding carboxylic acids is 2. The van der Waals surface area contributed by atoms with E-state index in [-0.39, 0.29) is 22.9 Å². The fraction of sp³-hybridized carbons (Fsp3) is 0.826.